The number of sulfonamides is 1. The molecule has 0 aromatic heterocycles. The van der Waals surface area contributed by atoms with E-state index in [9.17, 15) is 18.0 Å². The van der Waals surface area contributed by atoms with Gasteiger partial charge in [0.15, 0.2) is 0 Å². The van der Waals surface area contributed by atoms with Gasteiger partial charge in [0.2, 0.25) is 21.8 Å². The largest absolute Gasteiger partial charge is 0.354 e. The van der Waals surface area contributed by atoms with Gasteiger partial charge in [-0.15, -0.1) is 0 Å². The Hall–Kier alpha value is -2.00. The molecule has 1 N–H and O–H groups in total. The number of hydrogen-bond donors (Lipinski definition) is 1. The predicted octanol–water partition coefficient (Wildman–Crippen LogP) is 6.08. The average Bonchev–Trinajstić information content (AvgIpc) is 2.83. The Balaban J connectivity index is 2.30. The molecule has 0 spiro atoms. The second-order valence-electron chi connectivity index (χ2n) is 9.65. The van der Waals surface area contributed by atoms with Gasteiger partial charge in [-0.3, -0.25) is 13.9 Å². The van der Waals surface area contributed by atoms with Crippen LogP contribution in [0.25, 0.3) is 0 Å². The van der Waals surface area contributed by atoms with E-state index in [0.717, 1.165) is 11.8 Å². The van der Waals surface area contributed by atoms with Crippen LogP contribution in [0.1, 0.15) is 51.2 Å². The third-order valence-electron chi connectivity index (χ3n) is 6.05. The maximum atomic E-state index is 13.6. The van der Waals surface area contributed by atoms with E-state index in [-0.39, 0.29) is 43.7 Å². The van der Waals surface area contributed by atoms with Crippen molar-refractivity contribution in [3.63, 3.8) is 0 Å². The summed E-state index contributed by atoms with van der Waals surface area (Å²) in [5.74, 6) is -0.315. The van der Waals surface area contributed by atoms with E-state index in [1.807, 2.05) is 20.8 Å². The topological polar surface area (TPSA) is 86.8 Å². The van der Waals surface area contributed by atoms with Crippen LogP contribution < -0.4 is 9.62 Å². The van der Waals surface area contributed by atoms with Crippen LogP contribution in [-0.4, -0.2) is 50.5 Å². The van der Waals surface area contributed by atoms with Crippen LogP contribution in [0, 0.1) is 12.8 Å². The van der Waals surface area contributed by atoms with Crippen molar-refractivity contribution < 1.29 is 18.0 Å². The molecule has 11 heteroatoms. The summed E-state index contributed by atoms with van der Waals surface area (Å²) >= 11 is 18.9. The van der Waals surface area contributed by atoms with Gasteiger partial charge in [-0.25, -0.2) is 8.42 Å². The zero-order chi connectivity index (χ0) is 28.6. The molecule has 1 atom stereocenters. The number of rotatable bonds is 13. The van der Waals surface area contributed by atoms with Gasteiger partial charge < -0.3 is 10.2 Å². The van der Waals surface area contributed by atoms with Crippen LogP contribution in [0.2, 0.25) is 15.1 Å². The monoisotopic (exact) mass is 603 g/mol. The number of halogens is 3. The number of carbonyl (C=O) groups is 2. The summed E-state index contributed by atoms with van der Waals surface area (Å²) in [5, 5.41) is 4.12. The maximum absolute atomic E-state index is 13.6. The van der Waals surface area contributed by atoms with Gasteiger partial charge in [0, 0.05) is 46.7 Å². The molecule has 0 saturated heterocycles. The van der Waals surface area contributed by atoms with Crippen molar-refractivity contribution in [3.8, 4) is 0 Å². The van der Waals surface area contributed by atoms with Gasteiger partial charge in [-0.05, 0) is 55.5 Å². The van der Waals surface area contributed by atoms with E-state index >= 15 is 0 Å². The molecule has 0 heterocycles. The number of nitrogens with zero attached hydrogens (tertiary/aromatic N) is 2. The second kappa shape index (κ2) is 14.4. The fourth-order valence-electron chi connectivity index (χ4n) is 4.03. The Morgan fingerprint density at radius 2 is 1.68 bits per heavy atom. The fraction of sp³-hybridized carbons (Fsp3) is 0.481. The smallest absolute Gasteiger partial charge is 0.242 e. The fourth-order valence-corrected chi connectivity index (χ4v) is 5.73. The first kappa shape index (κ1) is 32.2. The molecule has 2 aromatic rings. The normalized spacial score (nSPS) is 12.3. The lowest BCUT2D eigenvalue weighted by atomic mass is 10.1. The zero-order valence-corrected chi connectivity index (χ0v) is 25.5. The minimum absolute atomic E-state index is 0.0155. The number of nitrogens with one attached hydrogen (secondary N) is 1. The average molecular weight is 605 g/mol. The Labute approximate surface area is 241 Å². The van der Waals surface area contributed by atoms with Crippen molar-refractivity contribution in [1.82, 2.24) is 10.2 Å². The van der Waals surface area contributed by atoms with E-state index in [0.29, 0.717) is 39.3 Å². The number of carbonyl (C=O) groups excluding carboxylic acids is 2. The summed E-state index contributed by atoms with van der Waals surface area (Å²) in [6.45, 7) is 8.21. The number of aryl methyl sites for hydroxylation is 1. The Kier molecular flexibility index (Phi) is 12.2. The molecule has 0 unspecified atom stereocenters. The van der Waals surface area contributed by atoms with Gasteiger partial charge in [0.25, 0.3) is 0 Å². The number of amides is 2. The van der Waals surface area contributed by atoms with E-state index in [1.165, 1.54) is 9.21 Å². The van der Waals surface area contributed by atoms with Gasteiger partial charge in [-0.2, -0.15) is 0 Å². The Bertz CT molecular complexity index is 1220. The summed E-state index contributed by atoms with van der Waals surface area (Å²) in [6.07, 6.45) is 1.75. The number of anilines is 1. The summed E-state index contributed by atoms with van der Waals surface area (Å²) < 4.78 is 26.4. The molecule has 7 nitrogen and oxygen atoms in total. The van der Waals surface area contributed by atoms with Crippen LogP contribution in [0.4, 0.5) is 5.69 Å². The van der Waals surface area contributed by atoms with E-state index < -0.39 is 16.1 Å². The highest BCUT2D eigenvalue weighted by molar-refractivity contribution is 7.92. The lowest BCUT2D eigenvalue weighted by Gasteiger charge is -2.32. The summed E-state index contributed by atoms with van der Waals surface area (Å²) in [5.41, 5.74) is 1.76. The lowest BCUT2D eigenvalue weighted by molar-refractivity contribution is -0.141. The first-order valence-electron chi connectivity index (χ1n) is 12.5. The van der Waals surface area contributed by atoms with Crippen molar-refractivity contribution in [2.75, 3.05) is 23.7 Å². The molecule has 2 rings (SSSR count). The van der Waals surface area contributed by atoms with Gasteiger partial charge >= 0.3 is 0 Å². The van der Waals surface area contributed by atoms with Gasteiger partial charge in [-0.1, -0.05) is 67.7 Å². The number of hydrogen-bond acceptors (Lipinski definition) is 4. The molecule has 2 amide bonds. The van der Waals surface area contributed by atoms with Gasteiger partial charge in [0.1, 0.15) is 6.04 Å². The highest BCUT2D eigenvalue weighted by Gasteiger charge is 2.30. The number of benzene rings is 2. The molecule has 0 radical (unpaired) electrons. The molecule has 0 saturated carbocycles. The summed E-state index contributed by atoms with van der Waals surface area (Å²) in [7, 11) is -3.63. The van der Waals surface area contributed by atoms with E-state index in [4.69, 9.17) is 34.8 Å². The van der Waals surface area contributed by atoms with Crippen LogP contribution in [0.3, 0.4) is 0 Å². The van der Waals surface area contributed by atoms with Crippen molar-refractivity contribution in [2.24, 2.45) is 5.92 Å². The molecule has 210 valence electrons. The van der Waals surface area contributed by atoms with E-state index in [1.54, 1.807) is 43.3 Å². The highest BCUT2D eigenvalue weighted by Crippen LogP contribution is 2.29. The summed E-state index contributed by atoms with van der Waals surface area (Å²) in [4.78, 5) is 28.1. The third kappa shape index (κ3) is 9.04. The quantitative estimate of drug-likeness (QED) is 0.300. The maximum Gasteiger partial charge on any atom is 0.242 e. The third-order valence-corrected chi connectivity index (χ3v) is 8.18. The van der Waals surface area contributed by atoms with Crippen molar-refractivity contribution in [3.05, 3.63) is 62.6 Å². The molecule has 0 aliphatic heterocycles. The summed E-state index contributed by atoms with van der Waals surface area (Å²) in [6, 6.07) is 9.37. The minimum atomic E-state index is -3.63. The standard InChI is InChI=1S/C27H36Cl3N3O4S/c1-6-24(27(35)31-16-18(2)3)32(17-21-22(29)9-7-10-23(21)30)26(34)11-8-14-33(38(5,36)37)25-15-20(28)13-12-19(25)4/h7,9-10,12-13,15,18,24H,6,8,11,14,16-17H2,1-5H3,(H,31,35)/t24-/m1/s1. The SMILES string of the molecule is CC[C@H](C(=O)NCC(C)C)N(Cc1c(Cl)cccc1Cl)C(=O)CCCN(c1cc(Cl)ccc1C)S(C)(=O)=O. The molecule has 0 aliphatic carbocycles. The van der Waals surface area contributed by atoms with Crippen LogP contribution >= 0.6 is 34.8 Å². The van der Waals surface area contributed by atoms with E-state index in [2.05, 4.69) is 5.32 Å². The molecular weight excluding hydrogens is 569 g/mol. The first-order valence-corrected chi connectivity index (χ1v) is 15.5. The van der Waals surface area contributed by atoms with Gasteiger partial charge in [0.05, 0.1) is 11.9 Å². The first-order chi connectivity index (χ1) is 17.8. The predicted molar refractivity (Wildman–Crippen MR) is 157 cm³/mol. The minimum Gasteiger partial charge on any atom is -0.354 e. The van der Waals surface area contributed by atoms with Crippen molar-refractivity contribution in [2.45, 2.75) is 59.5 Å². The molecule has 38 heavy (non-hydrogen) atoms. The van der Waals surface area contributed by atoms with Crippen LogP contribution in [0.5, 0.6) is 0 Å². The Morgan fingerprint density at radius 1 is 1.05 bits per heavy atom. The molecule has 2 aromatic carbocycles. The Morgan fingerprint density at radius 3 is 2.24 bits per heavy atom. The van der Waals surface area contributed by atoms with Crippen molar-refractivity contribution >= 4 is 62.3 Å². The molecule has 0 fully saturated rings. The van der Waals surface area contributed by atoms with Crippen LogP contribution in [-0.2, 0) is 26.2 Å². The zero-order valence-electron chi connectivity index (χ0n) is 22.4. The highest BCUT2D eigenvalue weighted by atomic mass is 35.5. The van der Waals surface area contributed by atoms with Crippen molar-refractivity contribution in [1.29, 1.82) is 0 Å². The second-order valence-corrected chi connectivity index (χ2v) is 12.8. The lowest BCUT2D eigenvalue weighted by Crippen LogP contribution is -2.49. The molecule has 0 bridgehead atoms. The molecule has 0 aliphatic rings. The van der Waals surface area contributed by atoms with Crippen LogP contribution in [0.15, 0.2) is 36.4 Å². The molecular formula is C27H36Cl3N3O4S.